The quantitative estimate of drug-likeness (QED) is 0.455. The zero-order valence-electron chi connectivity index (χ0n) is 17.9. The first kappa shape index (κ1) is 24.0. The van der Waals surface area contributed by atoms with Crippen LogP contribution in [0.3, 0.4) is 0 Å². The highest BCUT2D eigenvalue weighted by Gasteiger charge is 2.26. The van der Waals surface area contributed by atoms with Crippen molar-refractivity contribution in [3.63, 3.8) is 0 Å². The van der Waals surface area contributed by atoms with Gasteiger partial charge in [0.1, 0.15) is 0 Å². The van der Waals surface area contributed by atoms with Crippen molar-refractivity contribution in [2.45, 2.75) is 44.7 Å². The number of morpholine rings is 1. The summed E-state index contributed by atoms with van der Waals surface area (Å²) >= 11 is 0. The van der Waals surface area contributed by atoms with Gasteiger partial charge in [-0.2, -0.15) is 4.31 Å². The van der Waals surface area contributed by atoms with Crippen LogP contribution in [0.4, 0.5) is 0 Å². The Morgan fingerprint density at radius 2 is 1.67 bits per heavy atom. The van der Waals surface area contributed by atoms with Gasteiger partial charge in [0, 0.05) is 31.2 Å². The topological polar surface area (TPSA) is 93.2 Å². The molecule has 9 heteroatoms. The summed E-state index contributed by atoms with van der Waals surface area (Å²) in [4.78, 5) is 26.0. The fraction of sp³-hybridized carbons (Fsp3) is 0.524. The fourth-order valence-electron chi connectivity index (χ4n) is 3.28. The van der Waals surface area contributed by atoms with Gasteiger partial charge in [-0.25, -0.2) is 13.2 Å². The highest BCUT2D eigenvalue weighted by Crippen LogP contribution is 2.18. The summed E-state index contributed by atoms with van der Waals surface area (Å²) in [6, 6.07) is 6.26. The number of esters is 1. The molecule has 1 saturated heterocycles. The van der Waals surface area contributed by atoms with E-state index in [1.54, 1.807) is 17.0 Å². The van der Waals surface area contributed by atoms with E-state index in [4.69, 9.17) is 9.47 Å². The zero-order chi connectivity index (χ0) is 22.3. The number of benzene rings is 1. The molecule has 0 spiro atoms. The molecule has 1 heterocycles. The number of ether oxygens (including phenoxy) is 2. The number of hydrogen-bond acceptors (Lipinski definition) is 6. The first-order valence-corrected chi connectivity index (χ1v) is 11.4. The van der Waals surface area contributed by atoms with Crippen LogP contribution in [0.15, 0.2) is 35.2 Å². The van der Waals surface area contributed by atoms with Crippen molar-refractivity contribution in [1.29, 1.82) is 0 Å². The van der Waals surface area contributed by atoms with Gasteiger partial charge in [-0.05, 0) is 51.5 Å². The van der Waals surface area contributed by atoms with Gasteiger partial charge in [-0.3, -0.25) is 4.79 Å². The molecule has 30 heavy (non-hydrogen) atoms. The smallest absolute Gasteiger partial charge is 0.331 e. The van der Waals surface area contributed by atoms with Crippen LogP contribution >= 0.6 is 0 Å². The Bertz CT molecular complexity index is 848. The third kappa shape index (κ3) is 6.38. The van der Waals surface area contributed by atoms with E-state index in [1.807, 2.05) is 27.7 Å². The molecule has 0 N–H and O–H groups in total. The van der Waals surface area contributed by atoms with Crippen molar-refractivity contribution in [3.05, 3.63) is 35.9 Å². The first-order chi connectivity index (χ1) is 14.1. The predicted octanol–water partition coefficient (Wildman–Crippen LogP) is 1.91. The molecule has 1 aromatic rings. The van der Waals surface area contributed by atoms with Gasteiger partial charge < -0.3 is 14.4 Å². The zero-order valence-corrected chi connectivity index (χ0v) is 18.7. The molecule has 1 fully saturated rings. The van der Waals surface area contributed by atoms with Crippen LogP contribution in [0.5, 0.6) is 0 Å². The lowest BCUT2D eigenvalue weighted by atomic mass is 10.2. The average molecular weight is 439 g/mol. The molecule has 2 rings (SSSR count). The standard InChI is InChI=1S/C21H30N2O6S/c1-16(2)23(17(3)4)20(24)15-29-21(25)10-7-18-5-8-19(9-6-18)30(26,27)22-11-13-28-14-12-22/h5-10,16-17H,11-15H2,1-4H3. The summed E-state index contributed by atoms with van der Waals surface area (Å²) in [7, 11) is -3.56. The summed E-state index contributed by atoms with van der Waals surface area (Å²) in [5.41, 5.74) is 0.644. The van der Waals surface area contributed by atoms with Gasteiger partial charge in [0.25, 0.3) is 5.91 Å². The molecule has 1 aliphatic heterocycles. The van der Waals surface area contributed by atoms with Gasteiger partial charge >= 0.3 is 5.97 Å². The van der Waals surface area contributed by atoms with Gasteiger partial charge in [0.2, 0.25) is 10.0 Å². The second-order valence-electron chi connectivity index (χ2n) is 7.52. The number of nitrogens with zero attached hydrogens (tertiary/aromatic N) is 2. The van der Waals surface area contributed by atoms with E-state index < -0.39 is 16.0 Å². The van der Waals surface area contributed by atoms with Crippen LogP contribution in [0.25, 0.3) is 6.08 Å². The maximum absolute atomic E-state index is 12.6. The minimum absolute atomic E-state index is 0.0130. The van der Waals surface area contributed by atoms with Crippen LogP contribution in [-0.2, 0) is 29.1 Å². The summed E-state index contributed by atoms with van der Waals surface area (Å²) in [6.45, 7) is 8.74. The largest absolute Gasteiger partial charge is 0.452 e. The minimum Gasteiger partial charge on any atom is -0.452 e. The summed E-state index contributed by atoms with van der Waals surface area (Å²) in [5, 5.41) is 0. The molecule has 166 valence electrons. The molecule has 0 saturated carbocycles. The maximum Gasteiger partial charge on any atom is 0.331 e. The molecule has 0 radical (unpaired) electrons. The van der Waals surface area contributed by atoms with Crippen molar-refractivity contribution in [3.8, 4) is 0 Å². The van der Waals surface area contributed by atoms with Crippen molar-refractivity contribution in [2.75, 3.05) is 32.9 Å². The van der Waals surface area contributed by atoms with E-state index in [1.165, 1.54) is 28.6 Å². The Morgan fingerprint density at radius 1 is 1.10 bits per heavy atom. The normalized spacial score (nSPS) is 15.7. The number of carbonyl (C=O) groups is 2. The van der Waals surface area contributed by atoms with Crippen LogP contribution in [0, 0.1) is 0 Å². The molecular formula is C21H30N2O6S. The molecule has 1 amide bonds. The molecule has 8 nitrogen and oxygen atoms in total. The molecule has 0 bridgehead atoms. The lowest BCUT2D eigenvalue weighted by molar-refractivity contribution is -0.150. The van der Waals surface area contributed by atoms with Crippen LogP contribution in [0.1, 0.15) is 33.3 Å². The van der Waals surface area contributed by atoms with E-state index in [0.29, 0.717) is 31.9 Å². The van der Waals surface area contributed by atoms with Crippen molar-refractivity contribution in [1.82, 2.24) is 9.21 Å². The first-order valence-electron chi connectivity index (χ1n) is 9.97. The highest BCUT2D eigenvalue weighted by molar-refractivity contribution is 7.89. The molecule has 0 atom stereocenters. The Morgan fingerprint density at radius 3 is 2.20 bits per heavy atom. The van der Waals surface area contributed by atoms with Gasteiger partial charge in [-0.15, -0.1) is 0 Å². The van der Waals surface area contributed by atoms with E-state index in [2.05, 4.69) is 0 Å². The monoisotopic (exact) mass is 438 g/mol. The maximum atomic E-state index is 12.6. The number of sulfonamides is 1. The van der Waals surface area contributed by atoms with Gasteiger partial charge in [-0.1, -0.05) is 12.1 Å². The van der Waals surface area contributed by atoms with E-state index in [-0.39, 0.29) is 29.5 Å². The van der Waals surface area contributed by atoms with Crippen molar-refractivity contribution < 1.29 is 27.5 Å². The Hall–Kier alpha value is -2.23. The number of amides is 1. The molecule has 1 aliphatic rings. The third-order valence-corrected chi connectivity index (χ3v) is 6.55. The Kier molecular flexibility index (Phi) is 8.57. The second-order valence-corrected chi connectivity index (χ2v) is 9.45. The average Bonchev–Trinajstić information content (AvgIpc) is 2.71. The second kappa shape index (κ2) is 10.7. The number of hydrogen-bond donors (Lipinski definition) is 0. The fourth-order valence-corrected chi connectivity index (χ4v) is 4.69. The summed E-state index contributed by atoms with van der Waals surface area (Å²) < 4.78 is 36.8. The molecular weight excluding hydrogens is 408 g/mol. The minimum atomic E-state index is -3.56. The number of carbonyl (C=O) groups excluding carboxylic acids is 2. The van der Waals surface area contributed by atoms with Gasteiger partial charge in [0.15, 0.2) is 6.61 Å². The third-order valence-electron chi connectivity index (χ3n) is 4.64. The van der Waals surface area contributed by atoms with E-state index in [9.17, 15) is 18.0 Å². The van der Waals surface area contributed by atoms with Crippen molar-refractivity contribution in [2.24, 2.45) is 0 Å². The molecule has 0 unspecified atom stereocenters. The highest BCUT2D eigenvalue weighted by atomic mass is 32.2. The lowest BCUT2D eigenvalue weighted by Crippen LogP contribution is -2.44. The van der Waals surface area contributed by atoms with Crippen LogP contribution in [-0.4, -0.2) is 74.5 Å². The van der Waals surface area contributed by atoms with Crippen molar-refractivity contribution >= 4 is 28.0 Å². The molecule has 1 aromatic carbocycles. The van der Waals surface area contributed by atoms with Crippen LogP contribution in [0.2, 0.25) is 0 Å². The lowest BCUT2D eigenvalue weighted by Gasteiger charge is -2.30. The SMILES string of the molecule is CC(C)N(C(=O)COC(=O)C=Cc1ccc(S(=O)(=O)N2CCOCC2)cc1)C(C)C. The van der Waals surface area contributed by atoms with Gasteiger partial charge in [0.05, 0.1) is 18.1 Å². The summed E-state index contributed by atoms with van der Waals surface area (Å²) in [6.07, 6.45) is 2.73. The van der Waals surface area contributed by atoms with E-state index in [0.717, 1.165) is 0 Å². The predicted molar refractivity (Wildman–Crippen MR) is 113 cm³/mol. The van der Waals surface area contributed by atoms with E-state index >= 15 is 0 Å². The molecule has 0 aromatic heterocycles. The Labute approximate surface area is 178 Å². The Balaban J connectivity index is 1.93. The number of rotatable bonds is 8. The molecule has 0 aliphatic carbocycles. The van der Waals surface area contributed by atoms with Crippen LogP contribution < -0.4 is 0 Å². The summed E-state index contributed by atoms with van der Waals surface area (Å²) in [5.74, 6) is -0.889.